The first-order valence-electron chi connectivity index (χ1n) is 10.9. The van der Waals surface area contributed by atoms with Gasteiger partial charge in [-0.1, -0.05) is 44.2 Å². The minimum absolute atomic E-state index is 0.0211. The highest BCUT2D eigenvalue weighted by molar-refractivity contribution is 7.90. The number of fused-ring (bicyclic) bond motifs is 2. The van der Waals surface area contributed by atoms with Gasteiger partial charge in [0.15, 0.2) is 5.69 Å². The first-order valence-corrected chi connectivity index (χ1v) is 12.4. The molecule has 2 amide bonds. The predicted molar refractivity (Wildman–Crippen MR) is 129 cm³/mol. The van der Waals surface area contributed by atoms with Crippen molar-refractivity contribution in [3.8, 4) is 0 Å². The summed E-state index contributed by atoms with van der Waals surface area (Å²) in [5, 5.41) is 4.82. The maximum absolute atomic E-state index is 12.9. The average Bonchev–Trinajstić information content (AvgIpc) is 3.11. The lowest BCUT2D eigenvalue weighted by Crippen LogP contribution is -2.48. The van der Waals surface area contributed by atoms with Crippen LogP contribution in [0.5, 0.6) is 0 Å². The standard InChI is InChI=1S/C23H24N6O5S/c1-4-29-23(32)15-10-6-5-9-14(15)19(27-29)22(31)26-25-21(30)18(13(2)3)24-20-16-11-7-8-12-17(16)35(33,34)28-20/h5-13,18H,4H2,1-3H3,(H,24,28)(H,25,30)(H,26,31)/t18-/m0/s1. The summed E-state index contributed by atoms with van der Waals surface area (Å²) in [5.41, 5.74) is 4.71. The Morgan fingerprint density at radius 2 is 1.71 bits per heavy atom. The molecule has 0 saturated heterocycles. The number of aromatic nitrogens is 2. The molecule has 2 aromatic carbocycles. The number of hydrazine groups is 1. The Hall–Kier alpha value is -4.06. The van der Waals surface area contributed by atoms with E-state index >= 15 is 0 Å². The summed E-state index contributed by atoms with van der Waals surface area (Å²) in [6, 6.07) is 11.9. The summed E-state index contributed by atoms with van der Waals surface area (Å²) in [7, 11) is -3.76. The van der Waals surface area contributed by atoms with E-state index in [1.165, 1.54) is 10.7 Å². The molecule has 182 valence electrons. The number of amides is 2. The van der Waals surface area contributed by atoms with Crippen LogP contribution >= 0.6 is 0 Å². The summed E-state index contributed by atoms with van der Waals surface area (Å²) < 4.78 is 28.3. The van der Waals surface area contributed by atoms with Crippen LogP contribution in [0.2, 0.25) is 0 Å². The highest BCUT2D eigenvalue weighted by Gasteiger charge is 2.32. The van der Waals surface area contributed by atoms with E-state index in [0.29, 0.717) is 16.3 Å². The molecular weight excluding hydrogens is 472 g/mol. The van der Waals surface area contributed by atoms with E-state index in [4.69, 9.17) is 0 Å². The molecule has 0 saturated carbocycles. The van der Waals surface area contributed by atoms with Crippen molar-refractivity contribution >= 4 is 38.4 Å². The normalized spacial score (nSPS) is 16.1. The van der Waals surface area contributed by atoms with Crippen LogP contribution in [0.1, 0.15) is 36.8 Å². The smallest absolute Gasteiger partial charge is 0.271 e. The molecule has 0 aliphatic carbocycles. The van der Waals surface area contributed by atoms with E-state index in [0.717, 1.165) is 0 Å². The van der Waals surface area contributed by atoms with Crippen molar-refractivity contribution in [1.82, 2.24) is 25.4 Å². The number of nitrogens with zero attached hydrogens (tertiary/aromatic N) is 3. The Labute approximate surface area is 201 Å². The number of benzene rings is 2. The molecule has 0 bridgehead atoms. The van der Waals surface area contributed by atoms with E-state index in [9.17, 15) is 22.8 Å². The number of aliphatic imine (C=N–C) groups is 1. The molecule has 1 aliphatic heterocycles. The Balaban J connectivity index is 1.58. The van der Waals surface area contributed by atoms with Gasteiger partial charge in [0.05, 0.1) is 10.3 Å². The minimum atomic E-state index is -3.76. The molecule has 0 fully saturated rings. The van der Waals surface area contributed by atoms with Gasteiger partial charge in [0.1, 0.15) is 11.9 Å². The van der Waals surface area contributed by atoms with Crippen LogP contribution in [0.3, 0.4) is 0 Å². The van der Waals surface area contributed by atoms with E-state index in [1.54, 1.807) is 63.2 Å². The number of carbonyl (C=O) groups is 2. The summed E-state index contributed by atoms with van der Waals surface area (Å²) in [4.78, 5) is 42.8. The fourth-order valence-corrected chi connectivity index (χ4v) is 4.99. The van der Waals surface area contributed by atoms with Gasteiger partial charge in [-0.05, 0) is 31.0 Å². The molecule has 2 heterocycles. The van der Waals surface area contributed by atoms with Gasteiger partial charge in [-0.3, -0.25) is 34.9 Å². The number of amidine groups is 1. The van der Waals surface area contributed by atoms with Crippen molar-refractivity contribution in [3.63, 3.8) is 0 Å². The summed E-state index contributed by atoms with van der Waals surface area (Å²) >= 11 is 0. The molecule has 4 rings (SSSR count). The van der Waals surface area contributed by atoms with Gasteiger partial charge >= 0.3 is 0 Å². The van der Waals surface area contributed by atoms with E-state index in [2.05, 4.69) is 25.7 Å². The summed E-state index contributed by atoms with van der Waals surface area (Å²) in [6.07, 6.45) is 0. The van der Waals surface area contributed by atoms with Gasteiger partial charge in [-0.15, -0.1) is 0 Å². The molecule has 3 aromatic rings. The zero-order valence-electron chi connectivity index (χ0n) is 19.3. The van der Waals surface area contributed by atoms with E-state index < -0.39 is 27.9 Å². The van der Waals surface area contributed by atoms with Gasteiger partial charge in [-0.25, -0.2) is 13.1 Å². The van der Waals surface area contributed by atoms with E-state index in [-0.39, 0.29) is 34.4 Å². The third kappa shape index (κ3) is 4.52. The lowest BCUT2D eigenvalue weighted by molar-refractivity contribution is -0.123. The molecule has 11 nitrogen and oxygen atoms in total. The topological polar surface area (TPSA) is 152 Å². The van der Waals surface area contributed by atoms with Crippen LogP contribution in [0.4, 0.5) is 0 Å². The summed E-state index contributed by atoms with van der Waals surface area (Å²) in [5.74, 6) is -1.61. The van der Waals surface area contributed by atoms with Crippen molar-refractivity contribution in [1.29, 1.82) is 0 Å². The van der Waals surface area contributed by atoms with Crippen molar-refractivity contribution in [2.45, 2.75) is 38.3 Å². The van der Waals surface area contributed by atoms with Crippen LogP contribution in [0, 0.1) is 5.92 Å². The molecule has 1 atom stereocenters. The lowest BCUT2D eigenvalue weighted by Gasteiger charge is -2.18. The van der Waals surface area contributed by atoms with Gasteiger partial charge in [0, 0.05) is 17.5 Å². The molecule has 3 N–H and O–H groups in total. The highest BCUT2D eigenvalue weighted by atomic mass is 32.2. The van der Waals surface area contributed by atoms with Gasteiger partial charge in [0.2, 0.25) is 0 Å². The fraction of sp³-hybridized carbons (Fsp3) is 0.261. The second kappa shape index (κ2) is 9.29. The molecule has 0 unspecified atom stereocenters. The van der Waals surface area contributed by atoms with Gasteiger partial charge < -0.3 is 0 Å². The van der Waals surface area contributed by atoms with Crippen LogP contribution in [-0.4, -0.2) is 41.9 Å². The largest absolute Gasteiger partial charge is 0.290 e. The predicted octanol–water partition coefficient (Wildman–Crippen LogP) is 0.941. The molecule has 35 heavy (non-hydrogen) atoms. The fourth-order valence-electron chi connectivity index (χ4n) is 3.75. The molecule has 12 heteroatoms. The monoisotopic (exact) mass is 496 g/mol. The molecule has 1 aromatic heterocycles. The molecule has 0 radical (unpaired) electrons. The van der Waals surface area contributed by atoms with Crippen molar-refractivity contribution in [2.24, 2.45) is 10.9 Å². The maximum Gasteiger partial charge on any atom is 0.290 e. The number of hydrogen-bond acceptors (Lipinski definition) is 7. The second-order valence-corrected chi connectivity index (χ2v) is 9.88. The van der Waals surface area contributed by atoms with Crippen LogP contribution in [0.15, 0.2) is 63.2 Å². The first kappa shape index (κ1) is 24.1. The number of hydrogen-bond donors (Lipinski definition) is 3. The third-order valence-corrected chi connectivity index (χ3v) is 6.91. The van der Waals surface area contributed by atoms with Crippen molar-refractivity contribution in [3.05, 3.63) is 70.1 Å². The Morgan fingerprint density at radius 3 is 2.40 bits per heavy atom. The Bertz CT molecular complexity index is 1530. The first-order chi connectivity index (χ1) is 16.6. The van der Waals surface area contributed by atoms with Crippen LogP contribution in [-0.2, 0) is 21.4 Å². The number of rotatable bonds is 5. The molecular formula is C23H24N6O5S. The quantitative estimate of drug-likeness (QED) is 0.447. The second-order valence-electron chi connectivity index (χ2n) is 8.23. The van der Waals surface area contributed by atoms with Crippen LogP contribution < -0.4 is 21.1 Å². The molecule has 0 spiro atoms. The lowest BCUT2D eigenvalue weighted by atomic mass is 10.0. The van der Waals surface area contributed by atoms with E-state index in [1.807, 2.05) is 0 Å². The average molecular weight is 497 g/mol. The third-order valence-electron chi connectivity index (χ3n) is 5.51. The number of sulfonamides is 1. The Kier molecular flexibility index (Phi) is 6.39. The van der Waals surface area contributed by atoms with Gasteiger partial charge in [0.25, 0.3) is 27.4 Å². The highest BCUT2D eigenvalue weighted by Crippen LogP contribution is 2.23. The van der Waals surface area contributed by atoms with Crippen molar-refractivity contribution in [2.75, 3.05) is 0 Å². The minimum Gasteiger partial charge on any atom is -0.271 e. The van der Waals surface area contributed by atoms with Crippen molar-refractivity contribution < 1.29 is 18.0 Å². The number of aryl methyl sites for hydroxylation is 1. The zero-order chi connectivity index (χ0) is 25.3. The van der Waals surface area contributed by atoms with Crippen LogP contribution in [0.25, 0.3) is 10.8 Å². The zero-order valence-corrected chi connectivity index (χ0v) is 20.1. The van der Waals surface area contributed by atoms with Gasteiger partial charge in [-0.2, -0.15) is 5.10 Å². The SMILES string of the molecule is CCn1nc(C(=O)NNC(=O)[C@@H](N=C2NS(=O)(=O)c3ccccc32)C(C)C)c2ccccc2c1=O. The number of nitrogens with one attached hydrogen (secondary N) is 3. The Morgan fingerprint density at radius 1 is 1.06 bits per heavy atom. The molecule has 1 aliphatic rings. The summed E-state index contributed by atoms with van der Waals surface area (Å²) in [6.45, 7) is 5.49. The number of carbonyl (C=O) groups excluding carboxylic acids is 2. The maximum atomic E-state index is 12.9.